The molecule has 2 atom stereocenters. The molecule has 12 nitrogen and oxygen atoms in total. The average Bonchev–Trinajstić information content (AvgIpc) is 3.61. The maximum absolute atomic E-state index is 13.2. The summed E-state index contributed by atoms with van der Waals surface area (Å²) in [4.78, 5) is 22.7. The number of aryl methyl sites for hydroxylation is 1. The number of carbonyl (C=O) groups is 1. The summed E-state index contributed by atoms with van der Waals surface area (Å²) in [6.07, 6.45) is 0.357. The molecule has 2 unspecified atom stereocenters. The third kappa shape index (κ3) is 12.4. The molecule has 4 aromatic carbocycles. The fourth-order valence-corrected chi connectivity index (χ4v) is 10.9. The Morgan fingerprint density at radius 3 is 2.24 bits per heavy atom. The third-order valence-corrected chi connectivity index (χ3v) is 19.7. The molecule has 2 heterocycles. The summed E-state index contributed by atoms with van der Waals surface area (Å²) in [6.45, 7) is 19.8. The monoisotopic (exact) mass is 1070 g/mol. The number of thiophene rings is 1. The number of aliphatic carboxylic acids is 1. The van der Waals surface area contributed by atoms with Crippen molar-refractivity contribution in [1.29, 1.82) is 0 Å². The minimum absolute atomic E-state index is 0.00923. The molecule has 2 aromatic heterocycles. The minimum Gasteiger partial charge on any atom is -0.543 e. The second kappa shape index (κ2) is 21.8. The average molecular weight is 1070 g/mol. The number of benzene rings is 4. The maximum atomic E-state index is 13.2. The van der Waals surface area contributed by atoms with Crippen LogP contribution in [0.4, 0.5) is 0 Å². The van der Waals surface area contributed by atoms with Crippen LogP contribution in [0.25, 0.3) is 21.3 Å². The number of fused-ring (bicyclic) bond motifs is 1. The molecule has 0 bridgehead atoms. The quantitative estimate of drug-likeness (QED) is 0.0316. The molecule has 0 fully saturated rings. The zero-order chi connectivity index (χ0) is 48.8. The zero-order valence-corrected chi connectivity index (χ0v) is 44.2. The van der Waals surface area contributed by atoms with Gasteiger partial charge in [0.2, 0.25) is 20.3 Å². The van der Waals surface area contributed by atoms with Crippen molar-refractivity contribution in [3.63, 3.8) is 0 Å². The Balaban J connectivity index is 1.35. The third-order valence-electron chi connectivity index (χ3n) is 11.4. The smallest absolute Gasteiger partial charge is 0.345 e. The number of hydrogen-bond acceptors (Lipinski definition) is 12. The molecule has 0 radical (unpaired) electrons. The Hall–Kier alpha value is -4.52. The minimum atomic E-state index is -4.16. The SMILES string of the molecule is C=CCOCC(COS(=O)(=O)c1ccc(C)cc1)Oc1c(Cl)c(C)c(-c2c(Br)sc3ncnc(OC(Cc4cc(O[Si](C)(C)C(C)(C)C)ccc4OCc4ccccc4)C(=O)O)c23)c(C)c1Cl. The van der Waals surface area contributed by atoms with Crippen LogP contribution < -0.4 is 18.6 Å². The summed E-state index contributed by atoms with van der Waals surface area (Å²) in [5, 5.41) is 11.4. The van der Waals surface area contributed by atoms with Crippen LogP contribution in [0, 0.1) is 20.8 Å². The lowest BCUT2D eigenvalue weighted by atomic mass is 9.95. The van der Waals surface area contributed by atoms with Crippen LogP contribution in [-0.2, 0) is 36.9 Å². The van der Waals surface area contributed by atoms with Crippen molar-refractivity contribution in [2.75, 3.05) is 19.8 Å². The van der Waals surface area contributed by atoms with Gasteiger partial charge in [0, 0.05) is 17.5 Å². The molecule has 1 N–H and O–H groups in total. The summed E-state index contributed by atoms with van der Waals surface area (Å²) in [5.74, 6) is -0.0271. The van der Waals surface area contributed by atoms with E-state index in [1.807, 2.05) is 49.4 Å². The number of halogens is 3. The van der Waals surface area contributed by atoms with Crippen molar-refractivity contribution >= 4 is 85.1 Å². The molecule has 0 amide bonds. The lowest BCUT2D eigenvalue weighted by molar-refractivity contribution is -0.145. The van der Waals surface area contributed by atoms with E-state index in [9.17, 15) is 18.3 Å². The molecule has 6 rings (SSSR count). The van der Waals surface area contributed by atoms with Gasteiger partial charge in [0.1, 0.15) is 42.0 Å². The Morgan fingerprint density at radius 1 is 0.940 bits per heavy atom. The molecule has 6 aromatic rings. The van der Waals surface area contributed by atoms with E-state index in [0.29, 0.717) is 53.3 Å². The van der Waals surface area contributed by atoms with Gasteiger partial charge in [0.25, 0.3) is 10.1 Å². The van der Waals surface area contributed by atoms with Crippen molar-refractivity contribution in [3.05, 3.63) is 133 Å². The number of aromatic nitrogens is 2. The maximum Gasteiger partial charge on any atom is 0.345 e. The van der Waals surface area contributed by atoms with Gasteiger partial charge in [0.05, 0.1) is 37.3 Å². The van der Waals surface area contributed by atoms with Crippen molar-refractivity contribution in [2.45, 2.75) is 89.8 Å². The number of ether oxygens (including phenoxy) is 4. The van der Waals surface area contributed by atoms with E-state index in [1.54, 1.807) is 38.1 Å². The van der Waals surface area contributed by atoms with E-state index in [4.69, 9.17) is 50.8 Å². The Labute approximate surface area is 415 Å². The van der Waals surface area contributed by atoms with Gasteiger partial charge in [-0.25, -0.2) is 14.8 Å². The highest BCUT2D eigenvalue weighted by molar-refractivity contribution is 9.11. The van der Waals surface area contributed by atoms with Gasteiger partial charge in [0.15, 0.2) is 5.75 Å². The van der Waals surface area contributed by atoms with E-state index >= 15 is 0 Å². The van der Waals surface area contributed by atoms with Gasteiger partial charge in [-0.2, -0.15) is 8.42 Å². The van der Waals surface area contributed by atoms with Gasteiger partial charge >= 0.3 is 5.97 Å². The van der Waals surface area contributed by atoms with E-state index in [1.165, 1.54) is 29.8 Å². The summed E-state index contributed by atoms with van der Waals surface area (Å²) < 4.78 is 63.7. The molecule has 0 saturated carbocycles. The summed E-state index contributed by atoms with van der Waals surface area (Å²) in [7, 11) is -6.43. The summed E-state index contributed by atoms with van der Waals surface area (Å²) in [6, 6.07) is 21.5. The van der Waals surface area contributed by atoms with E-state index in [-0.39, 0.29) is 57.8 Å². The highest BCUT2D eigenvalue weighted by Gasteiger charge is 2.39. The van der Waals surface area contributed by atoms with Gasteiger partial charge < -0.3 is 28.5 Å². The lowest BCUT2D eigenvalue weighted by Gasteiger charge is -2.36. The Bertz CT molecular complexity index is 2830. The Morgan fingerprint density at radius 2 is 1.61 bits per heavy atom. The number of hydrogen-bond donors (Lipinski definition) is 1. The first-order valence-corrected chi connectivity index (χ1v) is 27.9. The first-order chi connectivity index (χ1) is 31.6. The van der Waals surface area contributed by atoms with Crippen molar-refractivity contribution in [3.8, 4) is 34.3 Å². The molecule has 0 aliphatic rings. The number of carboxylic acid groups (broad SMARTS) is 1. The summed E-state index contributed by atoms with van der Waals surface area (Å²) >= 11 is 19.3. The highest BCUT2D eigenvalue weighted by atomic mass is 79.9. The molecule has 356 valence electrons. The standard InChI is InChI=1S/C49H53BrCl2N2O10S2Si/c1-10-22-59-26-35(27-61-66(57,58)36-19-16-29(2)17-20-36)62-44-42(51)30(3)39(31(4)43(44)52)40-41-46(53-28-54-47(41)65-45(40)50)63-38(48(55)56)24-33-23-34(64-67(8,9)49(5,6)7)18-21-37(33)60-25-32-14-12-11-13-15-32/h10-21,23,28,35,38H,1,22,24-27H2,2-9H3,(H,55,56). The van der Waals surface area contributed by atoms with Crippen LogP contribution in [0.3, 0.4) is 0 Å². The number of carboxylic acids is 1. The van der Waals surface area contributed by atoms with Gasteiger partial charge in [-0.15, -0.1) is 17.9 Å². The van der Waals surface area contributed by atoms with Crippen LogP contribution in [0.2, 0.25) is 28.2 Å². The van der Waals surface area contributed by atoms with Crippen molar-refractivity contribution in [2.24, 2.45) is 0 Å². The number of nitrogens with zero attached hydrogens (tertiary/aromatic N) is 2. The molecule has 67 heavy (non-hydrogen) atoms. The van der Waals surface area contributed by atoms with E-state index < -0.39 is 43.2 Å². The molecule has 0 spiro atoms. The van der Waals surface area contributed by atoms with Crippen molar-refractivity contribution in [1.82, 2.24) is 9.97 Å². The largest absolute Gasteiger partial charge is 0.543 e. The van der Waals surface area contributed by atoms with Crippen LogP contribution in [0.15, 0.2) is 100 Å². The zero-order valence-electron chi connectivity index (χ0n) is 38.4. The molecule has 0 saturated heterocycles. The lowest BCUT2D eigenvalue weighted by Crippen LogP contribution is -2.43. The molecular weight excluding hydrogens is 1020 g/mol. The fraction of sp³-hybridized carbons (Fsp3) is 0.327. The second-order valence-corrected chi connectivity index (χ2v) is 26.8. The number of rotatable bonds is 21. The van der Waals surface area contributed by atoms with Crippen LogP contribution >= 0.6 is 50.5 Å². The normalized spacial score (nSPS) is 13.0. The van der Waals surface area contributed by atoms with Crippen LogP contribution in [0.5, 0.6) is 23.1 Å². The molecule has 18 heteroatoms. The second-order valence-electron chi connectivity index (χ2n) is 17.4. The van der Waals surface area contributed by atoms with Gasteiger partial charge in [-0.1, -0.05) is 98.1 Å². The van der Waals surface area contributed by atoms with Crippen LogP contribution in [-0.4, -0.2) is 69.8 Å². The van der Waals surface area contributed by atoms with E-state index in [0.717, 1.165) is 11.1 Å². The van der Waals surface area contributed by atoms with Crippen molar-refractivity contribution < 1.29 is 45.9 Å². The topological polar surface area (TPSA) is 153 Å². The van der Waals surface area contributed by atoms with Crippen LogP contribution in [0.1, 0.15) is 48.6 Å². The molecule has 0 aliphatic carbocycles. The molecule has 0 aliphatic heterocycles. The fourth-order valence-electron chi connectivity index (χ4n) is 6.73. The molecular formula is C49H53BrCl2N2O10S2Si. The van der Waals surface area contributed by atoms with E-state index in [2.05, 4.69) is 66.3 Å². The van der Waals surface area contributed by atoms with Gasteiger partial charge in [-0.3, -0.25) is 4.18 Å². The van der Waals surface area contributed by atoms with Gasteiger partial charge in [-0.05, 0) is 107 Å². The Kier molecular flexibility index (Phi) is 16.9. The first kappa shape index (κ1) is 51.9. The summed E-state index contributed by atoms with van der Waals surface area (Å²) in [5.41, 5.74) is 4.66. The highest BCUT2D eigenvalue weighted by Crippen LogP contribution is 2.52. The first-order valence-electron chi connectivity index (χ1n) is 21.2. The predicted molar refractivity (Wildman–Crippen MR) is 271 cm³/mol. The predicted octanol–water partition coefficient (Wildman–Crippen LogP) is 12.7.